The molecule has 2 aromatic carbocycles. The molecular formula is C25H29N3O5. The monoisotopic (exact) mass is 451 g/mol. The molecule has 3 aromatic rings. The lowest BCUT2D eigenvalue weighted by molar-refractivity contribution is 0.0690. The van der Waals surface area contributed by atoms with Gasteiger partial charge in [0.1, 0.15) is 17.3 Å². The van der Waals surface area contributed by atoms with Gasteiger partial charge in [0.05, 0.1) is 14.2 Å². The molecule has 0 aliphatic carbocycles. The van der Waals surface area contributed by atoms with Crippen molar-refractivity contribution in [2.75, 3.05) is 39.4 Å². The first-order valence-corrected chi connectivity index (χ1v) is 10.7. The number of ether oxygens (including phenoxy) is 3. The van der Waals surface area contributed by atoms with Crippen LogP contribution in [0.25, 0.3) is 11.4 Å². The summed E-state index contributed by atoms with van der Waals surface area (Å²) in [5.74, 6) is 1.19. The summed E-state index contributed by atoms with van der Waals surface area (Å²) in [6.45, 7) is 1.78. The average molecular weight is 452 g/mol. The smallest absolute Gasteiger partial charge is 0.354 e. The molecule has 0 fully saturated rings. The summed E-state index contributed by atoms with van der Waals surface area (Å²) in [4.78, 5) is 22.9. The third-order valence-electron chi connectivity index (χ3n) is 5.17. The van der Waals surface area contributed by atoms with Crippen molar-refractivity contribution in [3.05, 3.63) is 65.9 Å². The van der Waals surface area contributed by atoms with Crippen molar-refractivity contribution in [2.24, 2.45) is 0 Å². The van der Waals surface area contributed by atoms with Crippen molar-refractivity contribution in [1.82, 2.24) is 9.97 Å². The maximum atomic E-state index is 11.8. The van der Waals surface area contributed by atoms with Crippen LogP contribution >= 0.6 is 0 Å². The van der Waals surface area contributed by atoms with Gasteiger partial charge in [0, 0.05) is 50.1 Å². The number of carboxylic acids is 1. The summed E-state index contributed by atoms with van der Waals surface area (Å²) in [5.41, 5.74) is 1.63. The molecule has 0 atom stereocenters. The Morgan fingerprint density at radius 1 is 0.970 bits per heavy atom. The lowest BCUT2D eigenvalue weighted by Gasteiger charge is -2.25. The van der Waals surface area contributed by atoms with Gasteiger partial charge in [-0.1, -0.05) is 30.3 Å². The molecule has 1 aromatic heterocycles. The maximum Gasteiger partial charge on any atom is 0.354 e. The summed E-state index contributed by atoms with van der Waals surface area (Å²) in [6, 6.07) is 16.5. The topological polar surface area (TPSA) is 94.0 Å². The molecule has 0 radical (unpaired) electrons. The average Bonchev–Trinajstić information content (AvgIpc) is 2.86. The first-order valence-electron chi connectivity index (χ1n) is 10.7. The second-order valence-corrected chi connectivity index (χ2v) is 7.41. The molecule has 0 aliphatic rings. The van der Waals surface area contributed by atoms with Crippen LogP contribution in [0.2, 0.25) is 0 Å². The lowest BCUT2D eigenvalue weighted by Crippen LogP contribution is -2.26. The van der Waals surface area contributed by atoms with E-state index in [0.29, 0.717) is 42.8 Å². The summed E-state index contributed by atoms with van der Waals surface area (Å²) in [5, 5.41) is 9.68. The van der Waals surface area contributed by atoms with Crippen LogP contribution in [0.4, 0.5) is 5.82 Å². The van der Waals surface area contributed by atoms with Crippen LogP contribution in [0.15, 0.2) is 54.6 Å². The Morgan fingerprint density at radius 2 is 1.76 bits per heavy atom. The van der Waals surface area contributed by atoms with Crippen molar-refractivity contribution in [3.8, 4) is 22.9 Å². The number of aromatic carboxylic acids is 1. The predicted molar refractivity (Wildman–Crippen MR) is 126 cm³/mol. The number of aromatic nitrogens is 2. The molecule has 174 valence electrons. The van der Waals surface area contributed by atoms with Crippen molar-refractivity contribution >= 4 is 11.8 Å². The van der Waals surface area contributed by atoms with Gasteiger partial charge in [-0.3, -0.25) is 0 Å². The predicted octanol–water partition coefficient (Wildman–Crippen LogP) is 4.29. The summed E-state index contributed by atoms with van der Waals surface area (Å²) in [7, 11) is 4.90. The molecule has 3 rings (SSSR count). The molecule has 1 N–H and O–H groups in total. The molecule has 0 amide bonds. The van der Waals surface area contributed by atoms with Crippen LogP contribution in [0.5, 0.6) is 11.5 Å². The minimum atomic E-state index is -1.10. The SMILES string of the molecule is COCCCCN(Cc1ccc(OC)cc1OC)c1cc(C(=O)O)nc(-c2ccccc2)n1. The lowest BCUT2D eigenvalue weighted by atomic mass is 10.1. The van der Waals surface area contributed by atoms with E-state index in [0.717, 1.165) is 24.0 Å². The van der Waals surface area contributed by atoms with E-state index >= 15 is 0 Å². The number of benzene rings is 2. The molecule has 8 nitrogen and oxygen atoms in total. The van der Waals surface area contributed by atoms with E-state index in [1.807, 2.05) is 53.4 Å². The van der Waals surface area contributed by atoms with Crippen molar-refractivity contribution in [1.29, 1.82) is 0 Å². The molecule has 33 heavy (non-hydrogen) atoms. The number of hydrogen-bond donors (Lipinski definition) is 1. The van der Waals surface area contributed by atoms with Gasteiger partial charge in [-0.25, -0.2) is 14.8 Å². The van der Waals surface area contributed by atoms with Gasteiger partial charge in [0.2, 0.25) is 0 Å². The second-order valence-electron chi connectivity index (χ2n) is 7.41. The number of unbranched alkanes of at least 4 members (excludes halogenated alkanes) is 1. The van der Waals surface area contributed by atoms with Crippen LogP contribution in [0.3, 0.4) is 0 Å². The molecule has 0 saturated heterocycles. The zero-order valence-corrected chi connectivity index (χ0v) is 19.2. The zero-order valence-electron chi connectivity index (χ0n) is 19.2. The third-order valence-corrected chi connectivity index (χ3v) is 5.17. The number of anilines is 1. The van der Waals surface area contributed by atoms with Gasteiger partial charge < -0.3 is 24.2 Å². The van der Waals surface area contributed by atoms with E-state index in [2.05, 4.69) is 4.98 Å². The van der Waals surface area contributed by atoms with Gasteiger partial charge in [-0.15, -0.1) is 0 Å². The Labute approximate surface area is 193 Å². The fraction of sp³-hybridized carbons (Fsp3) is 0.320. The Hall–Kier alpha value is -3.65. The molecule has 0 saturated carbocycles. The summed E-state index contributed by atoms with van der Waals surface area (Å²) >= 11 is 0. The van der Waals surface area contributed by atoms with Crippen LogP contribution < -0.4 is 14.4 Å². The van der Waals surface area contributed by atoms with E-state index in [-0.39, 0.29) is 5.69 Å². The van der Waals surface area contributed by atoms with Crippen LogP contribution in [-0.4, -0.2) is 55.5 Å². The van der Waals surface area contributed by atoms with Crippen LogP contribution in [-0.2, 0) is 11.3 Å². The number of methoxy groups -OCH3 is 3. The minimum absolute atomic E-state index is 0.0533. The Kier molecular flexibility index (Phi) is 8.60. The summed E-state index contributed by atoms with van der Waals surface area (Å²) < 4.78 is 16.1. The molecule has 0 bridgehead atoms. The molecule has 0 spiro atoms. The maximum absolute atomic E-state index is 11.8. The normalized spacial score (nSPS) is 10.6. The standard InChI is InChI=1S/C25H29N3O5/c1-31-14-8-7-13-28(17-19-11-12-20(32-2)15-22(19)33-3)23-16-21(25(29)30)26-24(27-23)18-9-5-4-6-10-18/h4-6,9-12,15-16H,7-8,13-14,17H2,1-3H3,(H,29,30). The fourth-order valence-electron chi connectivity index (χ4n) is 3.43. The molecule has 0 aliphatic heterocycles. The summed E-state index contributed by atoms with van der Waals surface area (Å²) in [6.07, 6.45) is 1.72. The van der Waals surface area contributed by atoms with Gasteiger partial charge >= 0.3 is 5.97 Å². The van der Waals surface area contributed by atoms with Crippen LogP contribution in [0.1, 0.15) is 28.9 Å². The highest BCUT2D eigenvalue weighted by Gasteiger charge is 2.18. The van der Waals surface area contributed by atoms with Gasteiger partial charge in [0.15, 0.2) is 11.5 Å². The van der Waals surface area contributed by atoms with E-state index in [4.69, 9.17) is 19.2 Å². The van der Waals surface area contributed by atoms with Crippen molar-refractivity contribution in [3.63, 3.8) is 0 Å². The highest BCUT2D eigenvalue weighted by Crippen LogP contribution is 2.28. The quantitative estimate of drug-likeness (QED) is 0.408. The highest BCUT2D eigenvalue weighted by molar-refractivity contribution is 5.87. The Balaban J connectivity index is 2.01. The number of rotatable bonds is 12. The van der Waals surface area contributed by atoms with E-state index in [1.54, 1.807) is 21.3 Å². The number of nitrogens with zero attached hydrogens (tertiary/aromatic N) is 3. The Bertz CT molecular complexity index is 1060. The van der Waals surface area contributed by atoms with Crippen molar-refractivity contribution < 1.29 is 24.1 Å². The highest BCUT2D eigenvalue weighted by atomic mass is 16.5. The largest absolute Gasteiger partial charge is 0.497 e. The van der Waals surface area contributed by atoms with Crippen LogP contribution in [0, 0.1) is 0 Å². The van der Waals surface area contributed by atoms with E-state index in [1.165, 1.54) is 6.07 Å². The molecular weight excluding hydrogens is 422 g/mol. The zero-order chi connectivity index (χ0) is 23.6. The Morgan fingerprint density at radius 3 is 2.42 bits per heavy atom. The minimum Gasteiger partial charge on any atom is -0.497 e. The number of carboxylic acid groups (broad SMARTS) is 1. The van der Waals surface area contributed by atoms with Gasteiger partial charge in [0.25, 0.3) is 0 Å². The fourth-order valence-corrected chi connectivity index (χ4v) is 3.43. The molecule has 8 heteroatoms. The molecule has 0 unspecified atom stereocenters. The van der Waals surface area contributed by atoms with E-state index in [9.17, 15) is 9.90 Å². The first kappa shape index (κ1) is 24.0. The number of carbonyl (C=O) groups is 1. The van der Waals surface area contributed by atoms with Crippen molar-refractivity contribution in [2.45, 2.75) is 19.4 Å². The van der Waals surface area contributed by atoms with Gasteiger partial charge in [-0.05, 0) is 25.0 Å². The second kappa shape index (κ2) is 11.8. The number of hydrogen-bond acceptors (Lipinski definition) is 7. The molecule has 1 heterocycles. The van der Waals surface area contributed by atoms with Gasteiger partial charge in [-0.2, -0.15) is 0 Å². The third kappa shape index (κ3) is 6.43. The first-order chi connectivity index (χ1) is 16.0. The van der Waals surface area contributed by atoms with E-state index < -0.39 is 5.97 Å².